The van der Waals surface area contributed by atoms with Crippen LogP contribution in [0.15, 0.2) is 30.5 Å². The first-order chi connectivity index (χ1) is 14.1. The van der Waals surface area contributed by atoms with Gasteiger partial charge in [-0.15, -0.1) is 0 Å². The second-order valence-electron chi connectivity index (χ2n) is 7.09. The number of piperidine rings is 1. The zero-order valence-corrected chi connectivity index (χ0v) is 16.3. The Morgan fingerprint density at radius 1 is 1.14 bits per heavy atom. The molecule has 1 saturated heterocycles. The molecule has 29 heavy (non-hydrogen) atoms. The average molecular weight is 397 g/mol. The van der Waals surface area contributed by atoms with Crippen LogP contribution >= 0.6 is 0 Å². The third kappa shape index (κ3) is 5.81. The number of primary amides is 2. The Morgan fingerprint density at radius 3 is 2.38 bits per heavy atom. The van der Waals surface area contributed by atoms with Gasteiger partial charge in [-0.2, -0.15) is 4.98 Å². The number of carbonyl (C=O) groups is 2. The molecule has 1 aromatic carbocycles. The van der Waals surface area contributed by atoms with E-state index < -0.39 is 5.91 Å². The summed E-state index contributed by atoms with van der Waals surface area (Å²) in [5.41, 5.74) is 12.1. The summed E-state index contributed by atoms with van der Waals surface area (Å²) in [6.07, 6.45) is 7.75. The van der Waals surface area contributed by atoms with Crippen molar-refractivity contribution < 1.29 is 9.59 Å². The summed E-state index contributed by atoms with van der Waals surface area (Å²) in [4.78, 5) is 31.2. The van der Waals surface area contributed by atoms with Gasteiger partial charge in [0.05, 0.1) is 5.56 Å². The SMILES string of the molecule is NC(=O)c1cnc(Nc2ccc(N3CCCCC3)cc2)nc1NC1CC1.NC=O. The fraction of sp³-hybridized carbons (Fsp3) is 0.400. The second kappa shape index (κ2) is 9.72. The van der Waals surface area contributed by atoms with E-state index in [2.05, 4.69) is 43.4 Å². The number of rotatable bonds is 6. The molecule has 2 aromatic rings. The van der Waals surface area contributed by atoms with Crippen LogP contribution < -0.4 is 27.0 Å². The lowest BCUT2D eigenvalue weighted by molar-refractivity contribution is -0.106. The Bertz CT molecular complexity index is 831. The van der Waals surface area contributed by atoms with E-state index in [4.69, 9.17) is 10.5 Å². The molecule has 1 saturated carbocycles. The maximum atomic E-state index is 11.6. The number of amides is 2. The van der Waals surface area contributed by atoms with E-state index in [0.29, 0.717) is 23.4 Å². The third-order valence-corrected chi connectivity index (χ3v) is 4.82. The lowest BCUT2D eigenvalue weighted by atomic mass is 10.1. The molecule has 2 fully saturated rings. The van der Waals surface area contributed by atoms with Crippen LogP contribution in [-0.2, 0) is 4.79 Å². The van der Waals surface area contributed by atoms with Gasteiger partial charge in [0.15, 0.2) is 0 Å². The van der Waals surface area contributed by atoms with Crippen molar-refractivity contribution in [1.29, 1.82) is 0 Å². The van der Waals surface area contributed by atoms with E-state index in [1.165, 1.54) is 31.1 Å². The summed E-state index contributed by atoms with van der Waals surface area (Å²) in [6, 6.07) is 8.68. The van der Waals surface area contributed by atoms with Gasteiger partial charge < -0.3 is 27.0 Å². The molecule has 2 aliphatic rings. The molecule has 0 atom stereocenters. The summed E-state index contributed by atoms with van der Waals surface area (Å²) in [6.45, 7) is 2.25. The third-order valence-electron chi connectivity index (χ3n) is 4.82. The van der Waals surface area contributed by atoms with Crippen LogP contribution in [0.4, 0.5) is 23.1 Å². The Morgan fingerprint density at radius 2 is 1.79 bits per heavy atom. The minimum Gasteiger partial charge on any atom is -0.372 e. The highest BCUT2D eigenvalue weighted by molar-refractivity contribution is 5.97. The van der Waals surface area contributed by atoms with Crippen LogP contribution in [0.25, 0.3) is 0 Å². The summed E-state index contributed by atoms with van der Waals surface area (Å²) in [5.74, 6) is 0.428. The molecule has 2 amide bonds. The molecule has 1 aliphatic carbocycles. The van der Waals surface area contributed by atoms with Crippen molar-refractivity contribution in [3.63, 3.8) is 0 Å². The summed E-state index contributed by atoms with van der Waals surface area (Å²) >= 11 is 0. The lowest BCUT2D eigenvalue weighted by Crippen LogP contribution is -2.29. The number of nitrogens with one attached hydrogen (secondary N) is 2. The van der Waals surface area contributed by atoms with Crippen LogP contribution in [0.5, 0.6) is 0 Å². The molecule has 9 nitrogen and oxygen atoms in total. The number of carbonyl (C=O) groups excluding carboxylic acids is 2. The molecule has 0 bridgehead atoms. The number of benzene rings is 1. The highest BCUT2D eigenvalue weighted by Crippen LogP contribution is 2.27. The fourth-order valence-corrected chi connectivity index (χ4v) is 3.19. The van der Waals surface area contributed by atoms with Gasteiger partial charge in [0.2, 0.25) is 12.4 Å². The second-order valence-corrected chi connectivity index (χ2v) is 7.09. The number of anilines is 4. The Kier molecular flexibility index (Phi) is 6.83. The number of nitrogens with two attached hydrogens (primary N) is 2. The average Bonchev–Trinajstić information content (AvgIpc) is 3.54. The largest absolute Gasteiger partial charge is 0.372 e. The van der Waals surface area contributed by atoms with Crippen molar-refractivity contribution in [2.45, 2.75) is 38.1 Å². The summed E-state index contributed by atoms with van der Waals surface area (Å²) < 4.78 is 0. The smallest absolute Gasteiger partial charge is 0.254 e. The molecule has 1 aliphatic heterocycles. The summed E-state index contributed by atoms with van der Waals surface area (Å²) in [7, 11) is 0. The number of aromatic nitrogens is 2. The molecule has 9 heteroatoms. The quantitative estimate of drug-likeness (QED) is 0.547. The van der Waals surface area contributed by atoms with Crippen molar-refractivity contribution in [3.05, 3.63) is 36.0 Å². The van der Waals surface area contributed by atoms with E-state index in [0.717, 1.165) is 31.6 Å². The van der Waals surface area contributed by atoms with Crippen LogP contribution in [0.2, 0.25) is 0 Å². The standard InChI is InChI=1S/C19H24N6O.CH3NO/c20-17(26)16-12-21-19(24-18(16)22-13-4-5-13)23-14-6-8-15(9-7-14)25-10-2-1-3-11-25;2-1-3/h6-9,12-13H,1-5,10-11H2,(H2,20,26)(H2,21,22,23,24);1H,(H2,2,3). The Balaban J connectivity index is 0.000000755. The first kappa shape index (κ1) is 20.4. The van der Waals surface area contributed by atoms with Gasteiger partial charge in [-0.25, -0.2) is 4.98 Å². The molecule has 4 rings (SSSR count). The van der Waals surface area contributed by atoms with E-state index in [9.17, 15) is 4.79 Å². The zero-order valence-electron chi connectivity index (χ0n) is 16.3. The monoisotopic (exact) mass is 397 g/mol. The van der Waals surface area contributed by atoms with Crippen LogP contribution in [0.1, 0.15) is 42.5 Å². The van der Waals surface area contributed by atoms with Gasteiger partial charge in [-0.1, -0.05) is 0 Å². The fourth-order valence-electron chi connectivity index (χ4n) is 3.19. The maximum absolute atomic E-state index is 11.6. The Labute approximate surface area is 169 Å². The minimum absolute atomic E-state index is 0.250. The molecular formula is C20H27N7O2. The highest BCUT2D eigenvalue weighted by Gasteiger charge is 2.24. The first-order valence-corrected chi connectivity index (χ1v) is 9.81. The normalized spacial score (nSPS) is 15.7. The first-order valence-electron chi connectivity index (χ1n) is 9.81. The van der Waals surface area contributed by atoms with Crippen molar-refractivity contribution in [3.8, 4) is 0 Å². The van der Waals surface area contributed by atoms with Crippen molar-refractivity contribution in [2.75, 3.05) is 28.6 Å². The number of nitrogens with zero attached hydrogens (tertiary/aromatic N) is 3. The molecule has 1 aromatic heterocycles. The molecule has 0 radical (unpaired) electrons. The van der Waals surface area contributed by atoms with Crippen LogP contribution in [0, 0.1) is 0 Å². The zero-order chi connectivity index (χ0) is 20.6. The van der Waals surface area contributed by atoms with Crippen molar-refractivity contribution >= 4 is 35.5 Å². The minimum atomic E-state index is -0.523. The summed E-state index contributed by atoms with van der Waals surface area (Å²) in [5, 5.41) is 6.45. The van der Waals surface area contributed by atoms with E-state index >= 15 is 0 Å². The van der Waals surface area contributed by atoms with Gasteiger partial charge in [-0.3, -0.25) is 9.59 Å². The molecule has 2 heterocycles. The van der Waals surface area contributed by atoms with Gasteiger partial charge in [0.1, 0.15) is 5.82 Å². The maximum Gasteiger partial charge on any atom is 0.254 e. The van der Waals surface area contributed by atoms with Gasteiger partial charge >= 0.3 is 0 Å². The van der Waals surface area contributed by atoms with Crippen LogP contribution in [0.3, 0.4) is 0 Å². The van der Waals surface area contributed by atoms with Crippen molar-refractivity contribution in [1.82, 2.24) is 9.97 Å². The van der Waals surface area contributed by atoms with Crippen molar-refractivity contribution in [2.24, 2.45) is 11.5 Å². The predicted molar refractivity (Wildman–Crippen MR) is 113 cm³/mol. The topological polar surface area (TPSA) is 139 Å². The van der Waals surface area contributed by atoms with Gasteiger partial charge in [0.25, 0.3) is 5.91 Å². The number of hydrogen-bond donors (Lipinski definition) is 4. The van der Waals surface area contributed by atoms with E-state index in [1.54, 1.807) is 0 Å². The predicted octanol–water partition coefficient (Wildman–Crippen LogP) is 1.99. The van der Waals surface area contributed by atoms with Crippen LogP contribution in [-0.4, -0.2) is 41.4 Å². The molecule has 0 unspecified atom stereocenters. The van der Waals surface area contributed by atoms with E-state index in [-0.39, 0.29) is 6.41 Å². The highest BCUT2D eigenvalue weighted by atomic mass is 16.1. The molecule has 154 valence electrons. The molecular weight excluding hydrogens is 370 g/mol. The molecule has 6 N–H and O–H groups in total. The lowest BCUT2D eigenvalue weighted by Gasteiger charge is -2.28. The van der Waals surface area contributed by atoms with Gasteiger partial charge in [0, 0.05) is 36.7 Å². The molecule has 0 spiro atoms. The van der Waals surface area contributed by atoms with E-state index in [1.807, 2.05) is 12.1 Å². The number of hydrogen-bond acceptors (Lipinski definition) is 7. The van der Waals surface area contributed by atoms with Gasteiger partial charge in [-0.05, 0) is 56.4 Å². The Hall–Kier alpha value is -3.36.